The number of ether oxygens (including phenoxy) is 1. The van der Waals surface area contributed by atoms with Gasteiger partial charge in [-0.1, -0.05) is 13.3 Å². The van der Waals surface area contributed by atoms with Gasteiger partial charge in [0.05, 0.1) is 7.11 Å². The minimum atomic E-state index is 0.252. The first-order valence-corrected chi connectivity index (χ1v) is 7.33. The van der Waals surface area contributed by atoms with E-state index in [1.807, 2.05) is 17.0 Å². The first-order valence-electron chi connectivity index (χ1n) is 7.33. The molecule has 0 spiro atoms. The Balaban J connectivity index is 2.08. The predicted octanol–water partition coefficient (Wildman–Crippen LogP) is 2.82. The van der Waals surface area contributed by atoms with Crippen LogP contribution in [0.3, 0.4) is 0 Å². The average Bonchev–Trinajstić information content (AvgIpc) is 2.61. The molecule has 0 saturated carbocycles. The predicted molar refractivity (Wildman–Crippen MR) is 80.5 cm³/mol. The molecule has 1 aromatic rings. The van der Waals surface area contributed by atoms with Gasteiger partial charge in [0.2, 0.25) is 5.91 Å². The number of carbonyl (C=O) groups is 1. The van der Waals surface area contributed by atoms with Gasteiger partial charge in [-0.2, -0.15) is 0 Å². The molecule has 110 valence electrons. The molecule has 2 N–H and O–H groups in total. The fourth-order valence-electron chi connectivity index (χ4n) is 2.78. The highest BCUT2D eigenvalue weighted by molar-refractivity contribution is 5.76. The second-order valence-corrected chi connectivity index (χ2v) is 5.53. The summed E-state index contributed by atoms with van der Waals surface area (Å²) in [4.78, 5) is 14.1. The lowest BCUT2D eigenvalue weighted by molar-refractivity contribution is -0.131. The van der Waals surface area contributed by atoms with Gasteiger partial charge in [-0.05, 0) is 36.5 Å². The second kappa shape index (κ2) is 6.64. The number of hydrogen-bond donors (Lipinski definition) is 1. The van der Waals surface area contributed by atoms with Crippen LogP contribution >= 0.6 is 0 Å². The van der Waals surface area contributed by atoms with Gasteiger partial charge in [0, 0.05) is 31.3 Å². The van der Waals surface area contributed by atoms with E-state index in [1.165, 1.54) is 0 Å². The van der Waals surface area contributed by atoms with Crippen molar-refractivity contribution in [1.82, 2.24) is 4.90 Å². The van der Waals surface area contributed by atoms with Crippen molar-refractivity contribution in [2.45, 2.75) is 39.2 Å². The molecular weight excluding hydrogens is 252 g/mol. The molecule has 2 rings (SSSR count). The number of hydrogen-bond acceptors (Lipinski definition) is 3. The first-order chi connectivity index (χ1) is 9.62. The van der Waals surface area contributed by atoms with Crippen molar-refractivity contribution >= 4 is 11.6 Å². The van der Waals surface area contributed by atoms with Gasteiger partial charge in [0.25, 0.3) is 0 Å². The van der Waals surface area contributed by atoms with Gasteiger partial charge >= 0.3 is 0 Å². The van der Waals surface area contributed by atoms with E-state index in [0.29, 0.717) is 24.6 Å². The summed E-state index contributed by atoms with van der Waals surface area (Å²) in [5.74, 6) is 1.68. The van der Waals surface area contributed by atoms with Crippen molar-refractivity contribution < 1.29 is 9.53 Å². The maximum absolute atomic E-state index is 12.2. The molecule has 4 heteroatoms. The molecule has 1 fully saturated rings. The SMILES string of the molecule is CCC1CCC(=O)N(Cc2cc(N)cc(OC)c2)CC1. The van der Waals surface area contributed by atoms with Crippen molar-refractivity contribution in [2.24, 2.45) is 5.92 Å². The Morgan fingerprint density at radius 3 is 2.85 bits per heavy atom. The third-order valence-corrected chi connectivity index (χ3v) is 4.10. The maximum Gasteiger partial charge on any atom is 0.222 e. The monoisotopic (exact) mass is 276 g/mol. The summed E-state index contributed by atoms with van der Waals surface area (Å²) in [7, 11) is 1.63. The number of nitrogens with two attached hydrogens (primary N) is 1. The quantitative estimate of drug-likeness (QED) is 0.860. The Kier molecular flexibility index (Phi) is 4.88. The normalized spacial score (nSPS) is 19.8. The van der Waals surface area contributed by atoms with Crippen molar-refractivity contribution in [3.63, 3.8) is 0 Å². The largest absolute Gasteiger partial charge is 0.497 e. The topological polar surface area (TPSA) is 55.6 Å². The van der Waals surface area contributed by atoms with Crippen LogP contribution in [0, 0.1) is 5.92 Å². The average molecular weight is 276 g/mol. The number of nitrogen functional groups attached to an aromatic ring is 1. The van der Waals surface area contributed by atoms with E-state index in [4.69, 9.17) is 10.5 Å². The van der Waals surface area contributed by atoms with Gasteiger partial charge in [-0.15, -0.1) is 0 Å². The number of methoxy groups -OCH3 is 1. The fraction of sp³-hybridized carbons (Fsp3) is 0.562. The van der Waals surface area contributed by atoms with Gasteiger partial charge in [0.15, 0.2) is 0 Å². The van der Waals surface area contributed by atoms with Gasteiger partial charge in [-0.3, -0.25) is 4.79 Å². The van der Waals surface area contributed by atoms with Crippen molar-refractivity contribution in [1.29, 1.82) is 0 Å². The van der Waals surface area contributed by atoms with E-state index in [2.05, 4.69) is 6.92 Å². The highest BCUT2D eigenvalue weighted by Gasteiger charge is 2.21. The number of likely N-dealkylation sites (tertiary alicyclic amines) is 1. The van der Waals surface area contributed by atoms with E-state index in [-0.39, 0.29) is 5.91 Å². The minimum Gasteiger partial charge on any atom is -0.497 e. The third-order valence-electron chi connectivity index (χ3n) is 4.10. The van der Waals surface area contributed by atoms with E-state index in [9.17, 15) is 4.79 Å². The Morgan fingerprint density at radius 2 is 2.15 bits per heavy atom. The zero-order valence-corrected chi connectivity index (χ0v) is 12.4. The lowest BCUT2D eigenvalue weighted by Crippen LogP contribution is -2.29. The Hall–Kier alpha value is -1.71. The van der Waals surface area contributed by atoms with Gasteiger partial charge < -0.3 is 15.4 Å². The lowest BCUT2D eigenvalue weighted by atomic mass is 9.98. The molecule has 1 aromatic carbocycles. The summed E-state index contributed by atoms with van der Waals surface area (Å²) in [5.41, 5.74) is 7.57. The Labute approximate surface area is 120 Å². The van der Waals surface area contributed by atoms with Crippen LogP contribution in [0.4, 0.5) is 5.69 Å². The van der Waals surface area contributed by atoms with Crippen LogP contribution in [0.2, 0.25) is 0 Å². The van der Waals surface area contributed by atoms with E-state index in [0.717, 1.165) is 37.1 Å². The summed E-state index contributed by atoms with van der Waals surface area (Å²) in [6.07, 6.45) is 3.94. The Bertz CT molecular complexity index is 474. The van der Waals surface area contributed by atoms with Gasteiger partial charge in [-0.25, -0.2) is 0 Å². The molecule has 1 aliphatic heterocycles. The van der Waals surface area contributed by atoms with E-state index >= 15 is 0 Å². The number of rotatable bonds is 4. The molecule has 1 atom stereocenters. The standard InChI is InChI=1S/C16H24N2O2/c1-3-12-4-5-16(19)18(7-6-12)11-13-8-14(17)10-15(9-13)20-2/h8-10,12H,3-7,11,17H2,1-2H3. The molecule has 0 aliphatic carbocycles. The Morgan fingerprint density at radius 1 is 1.35 bits per heavy atom. The number of anilines is 1. The first kappa shape index (κ1) is 14.7. The molecule has 1 saturated heterocycles. The molecular formula is C16H24N2O2. The van der Waals surface area contributed by atoms with Crippen LogP contribution < -0.4 is 10.5 Å². The highest BCUT2D eigenvalue weighted by Crippen LogP contribution is 2.24. The number of nitrogens with zero attached hydrogens (tertiary/aromatic N) is 1. The second-order valence-electron chi connectivity index (χ2n) is 5.53. The fourth-order valence-corrected chi connectivity index (χ4v) is 2.78. The molecule has 20 heavy (non-hydrogen) atoms. The zero-order chi connectivity index (χ0) is 14.5. The van der Waals surface area contributed by atoms with Crippen LogP contribution in [-0.2, 0) is 11.3 Å². The summed E-state index contributed by atoms with van der Waals surface area (Å²) < 4.78 is 5.23. The summed E-state index contributed by atoms with van der Waals surface area (Å²) in [6.45, 7) is 3.67. The van der Waals surface area contributed by atoms with Crippen LogP contribution in [-0.4, -0.2) is 24.5 Å². The zero-order valence-electron chi connectivity index (χ0n) is 12.4. The lowest BCUT2D eigenvalue weighted by Gasteiger charge is -2.21. The maximum atomic E-state index is 12.2. The van der Waals surface area contributed by atoms with Crippen LogP contribution in [0.1, 0.15) is 38.2 Å². The van der Waals surface area contributed by atoms with Gasteiger partial charge in [0.1, 0.15) is 5.75 Å². The smallest absolute Gasteiger partial charge is 0.222 e. The number of benzene rings is 1. The minimum absolute atomic E-state index is 0.252. The summed E-state index contributed by atoms with van der Waals surface area (Å²) >= 11 is 0. The number of amides is 1. The molecule has 4 nitrogen and oxygen atoms in total. The van der Waals surface area contributed by atoms with E-state index in [1.54, 1.807) is 13.2 Å². The van der Waals surface area contributed by atoms with Crippen molar-refractivity contribution in [3.8, 4) is 5.75 Å². The van der Waals surface area contributed by atoms with E-state index < -0.39 is 0 Å². The molecule has 0 bridgehead atoms. The number of carbonyl (C=O) groups excluding carboxylic acids is 1. The molecule has 1 heterocycles. The van der Waals surface area contributed by atoms with Crippen molar-refractivity contribution in [3.05, 3.63) is 23.8 Å². The van der Waals surface area contributed by atoms with Crippen LogP contribution in [0.15, 0.2) is 18.2 Å². The molecule has 1 aliphatic rings. The summed E-state index contributed by atoms with van der Waals surface area (Å²) in [5, 5.41) is 0. The molecule has 1 unspecified atom stereocenters. The van der Waals surface area contributed by atoms with Crippen LogP contribution in [0.5, 0.6) is 5.75 Å². The van der Waals surface area contributed by atoms with Crippen LogP contribution in [0.25, 0.3) is 0 Å². The molecule has 0 radical (unpaired) electrons. The summed E-state index contributed by atoms with van der Waals surface area (Å²) in [6, 6.07) is 5.66. The van der Waals surface area contributed by atoms with Crippen molar-refractivity contribution in [2.75, 3.05) is 19.4 Å². The third kappa shape index (κ3) is 3.65. The molecule has 1 amide bonds. The highest BCUT2D eigenvalue weighted by atomic mass is 16.5. The molecule has 0 aromatic heterocycles.